The maximum absolute atomic E-state index is 11.0. The van der Waals surface area contributed by atoms with Crippen molar-refractivity contribution in [3.8, 4) is 11.3 Å². The van der Waals surface area contributed by atoms with E-state index in [1.165, 1.54) is 0 Å². The lowest BCUT2D eigenvalue weighted by molar-refractivity contribution is -0.142. The highest BCUT2D eigenvalue weighted by molar-refractivity contribution is 5.70. The first kappa shape index (κ1) is 11.0. The van der Waals surface area contributed by atoms with Gasteiger partial charge in [-0.2, -0.15) is 0 Å². The summed E-state index contributed by atoms with van der Waals surface area (Å²) in [5.41, 5.74) is 2.00. The first-order chi connectivity index (χ1) is 8.74. The molecule has 1 aromatic heterocycles. The summed E-state index contributed by atoms with van der Waals surface area (Å²) in [6, 6.07) is 9.97. The molecule has 1 aliphatic rings. The fourth-order valence-electron chi connectivity index (χ4n) is 2.39. The number of rotatable bonds is 2. The van der Waals surface area contributed by atoms with Gasteiger partial charge in [-0.15, -0.1) is 0 Å². The van der Waals surface area contributed by atoms with E-state index < -0.39 is 5.97 Å². The Labute approximate surface area is 105 Å². The molecule has 4 nitrogen and oxygen atoms in total. The number of carboxylic acids is 1. The predicted molar refractivity (Wildman–Crippen MR) is 67.1 cm³/mol. The zero-order valence-corrected chi connectivity index (χ0v) is 9.91. The Bertz CT molecular complexity index is 575. The van der Waals surface area contributed by atoms with E-state index in [4.69, 9.17) is 5.11 Å². The Hall–Kier alpha value is -2.10. The Kier molecular flexibility index (Phi) is 2.63. The molecule has 0 aliphatic carbocycles. The summed E-state index contributed by atoms with van der Waals surface area (Å²) in [7, 11) is 0. The largest absolute Gasteiger partial charge is 0.481 e. The summed E-state index contributed by atoms with van der Waals surface area (Å²) in [5.74, 6) is -0.00251. The molecule has 92 valence electrons. The number of aromatic nitrogens is 2. The van der Waals surface area contributed by atoms with Gasteiger partial charge in [0, 0.05) is 24.7 Å². The molecular weight excluding hydrogens is 228 g/mol. The van der Waals surface area contributed by atoms with E-state index in [2.05, 4.69) is 4.98 Å². The number of aryl methyl sites for hydroxylation is 1. The fourth-order valence-corrected chi connectivity index (χ4v) is 2.39. The topological polar surface area (TPSA) is 55.1 Å². The van der Waals surface area contributed by atoms with Crippen molar-refractivity contribution in [2.45, 2.75) is 19.4 Å². The maximum Gasteiger partial charge on any atom is 0.308 e. The maximum atomic E-state index is 11.0. The molecular formula is C14H14N2O2. The van der Waals surface area contributed by atoms with Gasteiger partial charge in [0.05, 0.1) is 11.6 Å². The number of carboxylic acid groups (broad SMARTS) is 1. The van der Waals surface area contributed by atoms with Gasteiger partial charge in [0.15, 0.2) is 0 Å². The second kappa shape index (κ2) is 4.29. The molecule has 0 fully saturated rings. The van der Waals surface area contributed by atoms with E-state index in [0.717, 1.165) is 23.5 Å². The molecule has 0 amide bonds. The number of benzene rings is 1. The van der Waals surface area contributed by atoms with Crippen LogP contribution in [0.25, 0.3) is 11.3 Å². The normalized spacial score (nSPS) is 18.3. The van der Waals surface area contributed by atoms with Crippen LogP contribution in [0.4, 0.5) is 0 Å². The minimum Gasteiger partial charge on any atom is -0.481 e. The van der Waals surface area contributed by atoms with Crippen LogP contribution in [0.15, 0.2) is 36.5 Å². The zero-order valence-electron chi connectivity index (χ0n) is 9.91. The summed E-state index contributed by atoms with van der Waals surface area (Å²) in [5, 5.41) is 9.05. The number of aliphatic carboxylic acids is 1. The molecule has 1 aromatic carbocycles. The van der Waals surface area contributed by atoms with Crippen LogP contribution in [0.3, 0.4) is 0 Å². The predicted octanol–water partition coefficient (Wildman–Crippen LogP) is 2.20. The first-order valence-electron chi connectivity index (χ1n) is 6.08. The fraction of sp³-hybridized carbons (Fsp3) is 0.286. The molecule has 3 rings (SSSR count). The van der Waals surface area contributed by atoms with E-state index in [0.29, 0.717) is 13.0 Å². The third-order valence-corrected chi connectivity index (χ3v) is 3.41. The van der Waals surface area contributed by atoms with Crippen molar-refractivity contribution in [2.24, 2.45) is 5.92 Å². The minimum absolute atomic E-state index is 0.282. The number of carbonyl (C=O) groups is 1. The van der Waals surface area contributed by atoms with Crippen molar-refractivity contribution < 1.29 is 9.90 Å². The van der Waals surface area contributed by atoms with Gasteiger partial charge in [0.25, 0.3) is 0 Å². The smallest absolute Gasteiger partial charge is 0.308 e. The number of nitrogens with zero attached hydrogens (tertiary/aromatic N) is 2. The Balaban J connectivity index is 1.92. The first-order valence-corrected chi connectivity index (χ1v) is 6.08. The molecule has 1 N–H and O–H groups in total. The number of hydrogen-bond donors (Lipinski definition) is 1. The lowest BCUT2D eigenvalue weighted by atomic mass is 10.00. The van der Waals surface area contributed by atoms with Crippen molar-refractivity contribution in [1.82, 2.24) is 9.55 Å². The molecule has 0 spiro atoms. The van der Waals surface area contributed by atoms with Crippen molar-refractivity contribution in [2.75, 3.05) is 0 Å². The Morgan fingerprint density at radius 1 is 1.33 bits per heavy atom. The van der Waals surface area contributed by atoms with Gasteiger partial charge in [-0.05, 0) is 6.42 Å². The number of hydrogen-bond acceptors (Lipinski definition) is 2. The molecule has 4 heteroatoms. The molecule has 1 aliphatic heterocycles. The zero-order chi connectivity index (χ0) is 12.5. The van der Waals surface area contributed by atoms with E-state index in [-0.39, 0.29) is 5.92 Å². The molecule has 2 heterocycles. The minimum atomic E-state index is -0.712. The molecule has 2 aromatic rings. The molecule has 0 saturated heterocycles. The quantitative estimate of drug-likeness (QED) is 0.878. The van der Waals surface area contributed by atoms with Crippen molar-refractivity contribution >= 4 is 5.97 Å². The van der Waals surface area contributed by atoms with Gasteiger partial charge in [-0.1, -0.05) is 30.3 Å². The molecule has 0 saturated carbocycles. The van der Waals surface area contributed by atoms with E-state index in [1.807, 2.05) is 41.1 Å². The van der Waals surface area contributed by atoms with Gasteiger partial charge >= 0.3 is 5.97 Å². The van der Waals surface area contributed by atoms with Crippen LogP contribution >= 0.6 is 0 Å². The van der Waals surface area contributed by atoms with Crippen LogP contribution < -0.4 is 0 Å². The summed E-state index contributed by atoms with van der Waals surface area (Å²) in [6.45, 7) is 0.532. The second-order valence-electron chi connectivity index (χ2n) is 4.63. The SMILES string of the molecule is O=C(O)[C@H]1CCc2nc(-c3ccccc3)cn2C1. The molecule has 18 heavy (non-hydrogen) atoms. The standard InChI is InChI=1S/C14H14N2O2/c17-14(18)11-6-7-13-15-12(9-16(13)8-11)10-4-2-1-3-5-10/h1-5,9,11H,6-8H2,(H,17,18)/t11-/m0/s1. The van der Waals surface area contributed by atoms with Crippen molar-refractivity contribution in [3.63, 3.8) is 0 Å². The van der Waals surface area contributed by atoms with E-state index >= 15 is 0 Å². The van der Waals surface area contributed by atoms with Crippen molar-refractivity contribution in [1.29, 1.82) is 0 Å². The van der Waals surface area contributed by atoms with Crippen LogP contribution in [-0.4, -0.2) is 20.6 Å². The average Bonchev–Trinajstić information content (AvgIpc) is 2.82. The highest BCUT2D eigenvalue weighted by Gasteiger charge is 2.25. The monoisotopic (exact) mass is 242 g/mol. The molecule has 0 unspecified atom stereocenters. The lowest BCUT2D eigenvalue weighted by Crippen LogP contribution is -2.26. The summed E-state index contributed by atoms with van der Waals surface area (Å²) >= 11 is 0. The lowest BCUT2D eigenvalue weighted by Gasteiger charge is -2.19. The van der Waals surface area contributed by atoms with Crippen LogP contribution in [0, 0.1) is 5.92 Å². The average molecular weight is 242 g/mol. The van der Waals surface area contributed by atoms with Gasteiger partial charge < -0.3 is 9.67 Å². The van der Waals surface area contributed by atoms with Crippen LogP contribution in [0.2, 0.25) is 0 Å². The number of imidazole rings is 1. The van der Waals surface area contributed by atoms with Gasteiger partial charge in [0.2, 0.25) is 0 Å². The van der Waals surface area contributed by atoms with Crippen molar-refractivity contribution in [3.05, 3.63) is 42.4 Å². The van der Waals surface area contributed by atoms with E-state index in [1.54, 1.807) is 0 Å². The molecule has 1 atom stereocenters. The van der Waals surface area contributed by atoms with Gasteiger partial charge in [0.1, 0.15) is 5.82 Å². The van der Waals surface area contributed by atoms with Crippen LogP contribution in [0.5, 0.6) is 0 Å². The highest BCUT2D eigenvalue weighted by atomic mass is 16.4. The molecule has 0 bridgehead atoms. The summed E-state index contributed by atoms with van der Waals surface area (Å²) in [6.07, 6.45) is 3.38. The summed E-state index contributed by atoms with van der Waals surface area (Å²) < 4.78 is 1.98. The van der Waals surface area contributed by atoms with E-state index in [9.17, 15) is 4.79 Å². The third-order valence-electron chi connectivity index (χ3n) is 3.41. The summed E-state index contributed by atoms with van der Waals surface area (Å²) in [4.78, 5) is 15.6. The second-order valence-corrected chi connectivity index (χ2v) is 4.63. The Morgan fingerprint density at radius 3 is 2.83 bits per heavy atom. The molecule has 0 radical (unpaired) electrons. The Morgan fingerprint density at radius 2 is 2.11 bits per heavy atom. The number of fused-ring (bicyclic) bond motifs is 1. The highest BCUT2D eigenvalue weighted by Crippen LogP contribution is 2.24. The van der Waals surface area contributed by atoms with Crippen LogP contribution in [-0.2, 0) is 17.8 Å². The van der Waals surface area contributed by atoms with Crippen LogP contribution in [0.1, 0.15) is 12.2 Å². The van der Waals surface area contributed by atoms with Gasteiger partial charge in [-0.3, -0.25) is 4.79 Å². The third kappa shape index (κ3) is 1.90. The van der Waals surface area contributed by atoms with Gasteiger partial charge in [-0.25, -0.2) is 4.98 Å².